The van der Waals surface area contributed by atoms with Crippen molar-refractivity contribution in [2.45, 2.75) is 13.8 Å². The summed E-state index contributed by atoms with van der Waals surface area (Å²) in [6.45, 7) is 11.7. The third kappa shape index (κ3) is 2.64. The number of para-hydroxylation sites is 1. The number of aromatic nitrogens is 1. The number of hydrogen-bond acceptors (Lipinski definition) is 2. The van der Waals surface area contributed by atoms with Crippen LogP contribution in [0, 0.1) is 20.4 Å². The fraction of sp³-hybridized carbons (Fsp3) is 0.0968. The Bertz CT molecular complexity index is 2050. The maximum absolute atomic E-state index is 7.38. The molecule has 0 N–H and O–H groups in total. The van der Waals surface area contributed by atoms with E-state index in [1.807, 2.05) is 24.3 Å². The number of fused-ring (bicyclic) bond motifs is 8. The van der Waals surface area contributed by atoms with Crippen molar-refractivity contribution in [1.29, 1.82) is 0 Å². The lowest BCUT2D eigenvalue weighted by molar-refractivity contribution is -0.659. The van der Waals surface area contributed by atoms with Gasteiger partial charge in [0.05, 0.1) is 17.5 Å². The van der Waals surface area contributed by atoms with Crippen LogP contribution < -0.4 is 4.57 Å². The second-order valence-electron chi connectivity index (χ2n) is 9.24. The first-order valence-corrected chi connectivity index (χ1v) is 11.6. The van der Waals surface area contributed by atoms with Gasteiger partial charge in [0, 0.05) is 33.0 Å². The van der Waals surface area contributed by atoms with Gasteiger partial charge in [0.25, 0.3) is 0 Å². The summed E-state index contributed by atoms with van der Waals surface area (Å²) in [6, 6.07) is 22.5. The van der Waals surface area contributed by atoms with E-state index in [2.05, 4.69) is 72.9 Å². The average Bonchev–Trinajstić information content (AvgIpc) is 3.43. The van der Waals surface area contributed by atoms with Crippen LogP contribution in [0.3, 0.4) is 0 Å². The summed E-state index contributed by atoms with van der Waals surface area (Å²) < 4.78 is 15.0. The first-order valence-electron chi connectivity index (χ1n) is 11.6. The van der Waals surface area contributed by atoms with Gasteiger partial charge in [-0.1, -0.05) is 24.3 Å². The molecular weight excluding hydrogens is 432 g/mol. The van der Waals surface area contributed by atoms with Gasteiger partial charge in [0.15, 0.2) is 11.9 Å². The van der Waals surface area contributed by atoms with E-state index in [0.29, 0.717) is 5.69 Å². The van der Waals surface area contributed by atoms with Crippen molar-refractivity contribution in [3.8, 4) is 11.3 Å². The fourth-order valence-corrected chi connectivity index (χ4v) is 5.42. The number of rotatable bonds is 1. The van der Waals surface area contributed by atoms with E-state index in [1.54, 1.807) is 6.07 Å². The Morgan fingerprint density at radius 1 is 0.714 bits per heavy atom. The quantitative estimate of drug-likeness (QED) is 0.185. The van der Waals surface area contributed by atoms with E-state index < -0.39 is 0 Å². The van der Waals surface area contributed by atoms with Gasteiger partial charge in [-0.2, -0.15) is 0 Å². The lowest BCUT2D eigenvalue weighted by Gasteiger charge is -2.11. The highest BCUT2D eigenvalue weighted by molar-refractivity contribution is 6.18. The van der Waals surface area contributed by atoms with Crippen LogP contribution in [0.5, 0.6) is 0 Å². The Labute approximate surface area is 201 Å². The van der Waals surface area contributed by atoms with Gasteiger partial charge in [-0.3, -0.25) is 0 Å². The molecule has 7 rings (SSSR count). The van der Waals surface area contributed by atoms with Crippen molar-refractivity contribution in [1.82, 2.24) is 0 Å². The molecule has 166 valence electrons. The maximum atomic E-state index is 7.38. The lowest BCUT2D eigenvalue weighted by Crippen LogP contribution is -2.30. The minimum Gasteiger partial charge on any atom is -0.456 e. The van der Waals surface area contributed by atoms with Crippen LogP contribution in [0.2, 0.25) is 0 Å². The highest BCUT2D eigenvalue weighted by Crippen LogP contribution is 2.42. The molecule has 0 bridgehead atoms. The molecule has 4 aromatic carbocycles. The Kier molecular flexibility index (Phi) is 3.93. The highest BCUT2D eigenvalue weighted by Gasteiger charge is 2.26. The molecule has 0 saturated heterocycles. The molecule has 3 heterocycles. The average molecular weight is 454 g/mol. The molecular formula is C31H21N2O2+. The molecule has 4 nitrogen and oxygen atoms in total. The fourth-order valence-electron chi connectivity index (χ4n) is 5.42. The zero-order chi connectivity index (χ0) is 23.8. The molecule has 35 heavy (non-hydrogen) atoms. The van der Waals surface area contributed by atoms with Gasteiger partial charge in [-0.05, 0) is 61.4 Å². The standard InChI is InChI=1S/C31H21N2O2/c1-17-15-25-20-7-5-6-8-26(20)35-31(25)28(18(17)2)29-21-10-11-22-24-16-19(32-3)9-12-27(24)34-30(22)23(21)13-14-33(29)4/h5-16H,1-2,4H3/q+1. The SMILES string of the molecule is [C-]#[N+]c1ccc2oc3c4cc[n+](C)c(-c5c(C)c(C)cc6c5oc5ccccc56)c4ccc3c2c1. The Balaban J connectivity index is 1.64. The minimum absolute atomic E-state index is 0.614. The van der Waals surface area contributed by atoms with Crippen molar-refractivity contribution in [2.24, 2.45) is 7.05 Å². The second-order valence-corrected chi connectivity index (χ2v) is 9.24. The van der Waals surface area contributed by atoms with Crippen molar-refractivity contribution >= 4 is 60.3 Å². The summed E-state index contributed by atoms with van der Waals surface area (Å²) in [5.74, 6) is 0. The molecule has 0 atom stereocenters. The van der Waals surface area contributed by atoms with Crippen LogP contribution in [0.1, 0.15) is 11.1 Å². The molecule has 4 heteroatoms. The zero-order valence-corrected chi connectivity index (χ0v) is 19.6. The Morgan fingerprint density at radius 3 is 2.31 bits per heavy atom. The number of furan rings is 2. The van der Waals surface area contributed by atoms with Crippen LogP contribution in [0.4, 0.5) is 5.69 Å². The molecule has 3 aromatic heterocycles. The minimum atomic E-state index is 0.614. The molecule has 0 spiro atoms. The van der Waals surface area contributed by atoms with Gasteiger partial charge >= 0.3 is 0 Å². The van der Waals surface area contributed by atoms with Crippen molar-refractivity contribution in [3.63, 3.8) is 0 Å². The monoisotopic (exact) mass is 453 g/mol. The van der Waals surface area contributed by atoms with Crippen molar-refractivity contribution in [2.75, 3.05) is 0 Å². The number of nitrogens with zero attached hydrogens (tertiary/aromatic N) is 2. The van der Waals surface area contributed by atoms with Crippen LogP contribution in [-0.2, 0) is 7.05 Å². The van der Waals surface area contributed by atoms with Crippen LogP contribution in [0.25, 0.3) is 70.8 Å². The van der Waals surface area contributed by atoms with Gasteiger partial charge in [0.1, 0.15) is 29.4 Å². The molecule has 0 amide bonds. The molecule has 0 aliphatic heterocycles. The molecule has 0 saturated carbocycles. The topological polar surface area (TPSA) is 34.5 Å². The third-order valence-corrected chi connectivity index (χ3v) is 7.29. The van der Waals surface area contributed by atoms with E-state index in [0.717, 1.165) is 65.9 Å². The molecule has 0 unspecified atom stereocenters. The molecule has 0 aliphatic carbocycles. The summed E-state index contributed by atoms with van der Waals surface area (Å²) in [7, 11) is 2.08. The van der Waals surface area contributed by atoms with E-state index in [-0.39, 0.29) is 0 Å². The predicted molar refractivity (Wildman–Crippen MR) is 141 cm³/mol. The van der Waals surface area contributed by atoms with Gasteiger partial charge in [-0.25, -0.2) is 9.41 Å². The van der Waals surface area contributed by atoms with E-state index in [1.165, 1.54) is 11.1 Å². The van der Waals surface area contributed by atoms with E-state index in [9.17, 15) is 0 Å². The summed E-state index contributed by atoms with van der Waals surface area (Å²) in [5.41, 5.74) is 8.68. The molecule has 0 radical (unpaired) electrons. The molecule has 0 aliphatic rings. The molecule has 7 aromatic rings. The van der Waals surface area contributed by atoms with E-state index >= 15 is 0 Å². The van der Waals surface area contributed by atoms with Gasteiger partial charge in [-0.15, -0.1) is 0 Å². The summed E-state index contributed by atoms with van der Waals surface area (Å²) in [4.78, 5) is 3.59. The summed E-state index contributed by atoms with van der Waals surface area (Å²) in [5, 5.41) is 6.39. The first-order chi connectivity index (χ1) is 17.0. The van der Waals surface area contributed by atoms with Crippen LogP contribution >= 0.6 is 0 Å². The molecule has 0 fully saturated rings. The first kappa shape index (κ1) is 19.8. The summed E-state index contributed by atoms with van der Waals surface area (Å²) in [6.07, 6.45) is 2.09. The number of benzene rings is 4. The van der Waals surface area contributed by atoms with Crippen LogP contribution in [0.15, 0.2) is 81.8 Å². The zero-order valence-electron chi connectivity index (χ0n) is 19.6. The Morgan fingerprint density at radius 2 is 1.46 bits per heavy atom. The second kappa shape index (κ2) is 6.94. The maximum Gasteiger partial charge on any atom is 0.224 e. The van der Waals surface area contributed by atoms with E-state index in [4.69, 9.17) is 15.4 Å². The lowest BCUT2D eigenvalue weighted by atomic mass is 9.93. The Hall–Kier alpha value is -4.62. The number of pyridine rings is 1. The van der Waals surface area contributed by atoms with Gasteiger partial charge in [0.2, 0.25) is 5.69 Å². The highest BCUT2D eigenvalue weighted by atomic mass is 16.3. The third-order valence-electron chi connectivity index (χ3n) is 7.29. The summed E-state index contributed by atoms with van der Waals surface area (Å²) >= 11 is 0. The smallest absolute Gasteiger partial charge is 0.224 e. The normalized spacial score (nSPS) is 11.8. The van der Waals surface area contributed by atoms with Crippen molar-refractivity contribution < 1.29 is 13.4 Å². The number of hydrogen-bond donors (Lipinski definition) is 0. The van der Waals surface area contributed by atoms with Gasteiger partial charge < -0.3 is 8.83 Å². The van der Waals surface area contributed by atoms with Crippen LogP contribution in [-0.4, -0.2) is 0 Å². The predicted octanol–water partition coefficient (Wildman–Crippen LogP) is 8.30. The number of aryl methyl sites for hydroxylation is 2. The van der Waals surface area contributed by atoms with Crippen molar-refractivity contribution in [3.05, 3.63) is 95.5 Å². The largest absolute Gasteiger partial charge is 0.456 e.